The maximum absolute atomic E-state index is 4.33. The van der Waals surface area contributed by atoms with Crippen LogP contribution in [0.4, 0.5) is 0 Å². The number of aromatic nitrogens is 1. The Kier molecular flexibility index (Phi) is 4.39. The van der Waals surface area contributed by atoms with E-state index in [1.165, 1.54) is 16.7 Å². The van der Waals surface area contributed by atoms with E-state index in [1.54, 1.807) is 0 Å². The van der Waals surface area contributed by atoms with E-state index in [-0.39, 0.29) is 0 Å². The summed E-state index contributed by atoms with van der Waals surface area (Å²) in [5, 5.41) is 2.28. The zero-order chi connectivity index (χ0) is 14.3. The highest BCUT2D eigenvalue weighted by atomic mass is 14.9. The summed E-state index contributed by atoms with van der Waals surface area (Å²) < 4.78 is 0. The lowest BCUT2D eigenvalue weighted by Gasteiger charge is -2.04. The Hall–Kier alpha value is -2.45. The van der Waals surface area contributed by atoms with Crippen LogP contribution in [0.3, 0.4) is 0 Å². The Morgan fingerprint density at radius 1 is 0.667 bits per heavy atom. The number of benzene rings is 2. The molecular weight excluding hydrogens is 256 g/mol. The van der Waals surface area contributed by atoms with E-state index < -0.39 is 0 Å². The van der Waals surface area contributed by atoms with Crippen LogP contribution in [0.25, 0.3) is 11.1 Å². The first-order valence-corrected chi connectivity index (χ1v) is 7.28. The van der Waals surface area contributed by atoms with Gasteiger partial charge in [0, 0.05) is 11.8 Å². The normalized spacial score (nSPS) is 10.5. The van der Waals surface area contributed by atoms with Crippen LogP contribution >= 0.6 is 0 Å². The molecule has 1 aromatic heterocycles. The van der Waals surface area contributed by atoms with Crippen molar-refractivity contribution in [2.24, 2.45) is 0 Å². The Morgan fingerprint density at radius 3 is 2.10 bits per heavy atom. The van der Waals surface area contributed by atoms with E-state index in [9.17, 15) is 0 Å². The third kappa shape index (κ3) is 3.77. The second-order valence-electron chi connectivity index (χ2n) is 5.08. The van der Waals surface area contributed by atoms with Gasteiger partial charge in [-0.2, -0.15) is 0 Å². The zero-order valence-corrected chi connectivity index (χ0v) is 11.9. The lowest BCUT2D eigenvalue weighted by Crippen LogP contribution is -2.80. The average Bonchev–Trinajstić information content (AvgIpc) is 2.57. The van der Waals surface area contributed by atoms with Crippen molar-refractivity contribution >= 4 is 0 Å². The molecule has 0 saturated heterocycles. The fraction of sp³-hybridized carbons (Fsp3) is 0.105. The lowest BCUT2D eigenvalue weighted by atomic mass is 10.0. The van der Waals surface area contributed by atoms with Crippen LogP contribution in [0, 0.1) is 0 Å². The number of rotatable bonds is 5. The van der Waals surface area contributed by atoms with Crippen molar-refractivity contribution in [2.75, 3.05) is 0 Å². The van der Waals surface area contributed by atoms with Gasteiger partial charge in [-0.3, -0.25) is 4.98 Å². The largest absolute Gasteiger partial charge is 0.337 e. The number of hydrogen-bond acceptors (Lipinski definition) is 1. The number of nitrogens with zero attached hydrogens (tertiary/aromatic N) is 1. The molecule has 0 aliphatic carbocycles. The fourth-order valence-electron chi connectivity index (χ4n) is 2.37. The predicted octanol–water partition coefficient (Wildman–Crippen LogP) is 3.01. The molecule has 0 aliphatic rings. The predicted molar refractivity (Wildman–Crippen MR) is 85.4 cm³/mol. The van der Waals surface area contributed by atoms with Gasteiger partial charge in [0.15, 0.2) is 0 Å². The Labute approximate surface area is 125 Å². The maximum Gasteiger partial charge on any atom is 0.119 e. The monoisotopic (exact) mass is 275 g/mol. The van der Waals surface area contributed by atoms with E-state index in [4.69, 9.17) is 0 Å². The highest BCUT2D eigenvalue weighted by Gasteiger charge is 2.00. The van der Waals surface area contributed by atoms with Gasteiger partial charge in [-0.25, -0.2) is 0 Å². The second kappa shape index (κ2) is 6.82. The Balaban J connectivity index is 1.58. The molecular formula is C19H19N2+. The van der Waals surface area contributed by atoms with Gasteiger partial charge in [0.1, 0.15) is 13.1 Å². The van der Waals surface area contributed by atoms with E-state index >= 15 is 0 Å². The summed E-state index contributed by atoms with van der Waals surface area (Å²) in [4.78, 5) is 4.33. The smallest absolute Gasteiger partial charge is 0.119 e. The van der Waals surface area contributed by atoms with Crippen LogP contribution in [0.15, 0.2) is 79.0 Å². The highest BCUT2D eigenvalue weighted by molar-refractivity contribution is 5.63. The molecule has 0 unspecified atom stereocenters. The van der Waals surface area contributed by atoms with Crippen molar-refractivity contribution in [3.8, 4) is 11.1 Å². The number of pyridine rings is 1. The van der Waals surface area contributed by atoms with Gasteiger partial charge in [-0.05, 0) is 23.3 Å². The third-order valence-electron chi connectivity index (χ3n) is 3.52. The zero-order valence-electron chi connectivity index (χ0n) is 11.9. The SMILES string of the molecule is c1ccc(-c2ccc(C[NH2+]Cc3ccccn3)cc2)cc1. The van der Waals surface area contributed by atoms with Crippen LogP contribution in [0.5, 0.6) is 0 Å². The molecule has 0 bridgehead atoms. The van der Waals surface area contributed by atoms with Crippen molar-refractivity contribution in [2.45, 2.75) is 13.1 Å². The van der Waals surface area contributed by atoms with Crippen LogP contribution in [-0.2, 0) is 13.1 Å². The molecule has 0 atom stereocenters. The molecule has 3 aromatic rings. The number of quaternary nitrogens is 1. The molecule has 0 spiro atoms. The van der Waals surface area contributed by atoms with E-state index in [0.29, 0.717) is 0 Å². The Bertz CT molecular complexity index is 661. The molecule has 2 nitrogen and oxygen atoms in total. The molecule has 104 valence electrons. The molecule has 0 radical (unpaired) electrons. The van der Waals surface area contributed by atoms with Crippen molar-refractivity contribution < 1.29 is 5.32 Å². The molecule has 0 amide bonds. The summed E-state index contributed by atoms with van der Waals surface area (Å²) in [7, 11) is 0. The van der Waals surface area contributed by atoms with Gasteiger partial charge in [-0.1, -0.05) is 60.7 Å². The summed E-state index contributed by atoms with van der Waals surface area (Å²) in [6.07, 6.45) is 1.85. The molecule has 0 saturated carbocycles. The fourth-order valence-corrected chi connectivity index (χ4v) is 2.37. The first-order valence-electron chi connectivity index (χ1n) is 7.28. The van der Waals surface area contributed by atoms with Gasteiger partial charge in [-0.15, -0.1) is 0 Å². The van der Waals surface area contributed by atoms with Crippen molar-refractivity contribution in [1.82, 2.24) is 4.98 Å². The van der Waals surface area contributed by atoms with Crippen LogP contribution < -0.4 is 5.32 Å². The molecule has 2 heteroatoms. The molecule has 0 fully saturated rings. The summed E-state index contributed by atoms with van der Waals surface area (Å²) in [6, 6.07) is 25.3. The first kappa shape index (κ1) is 13.5. The topological polar surface area (TPSA) is 29.5 Å². The van der Waals surface area contributed by atoms with Crippen molar-refractivity contribution in [3.63, 3.8) is 0 Å². The minimum absolute atomic E-state index is 0.918. The molecule has 2 aromatic carbocycles. The second-order valence-corrected chi connectivity index (χ2v) is 5.08. The average molecular weight is 275 g/mol. The quantitative estimate of drug-likeness (QED) is 0.762. The summed E-state index contributed by atoms with van der Waals surface area (Å²) in [5.74, 6) is 0. The van der Waals surface area contributed by atoms with Crippen LogP contribution in [0.2, 0.25) is 0 Å². The van der Waals surface area contributed by atoms with Crippen LogP contribution in [-0.4, -0.2) is 4.98 Å². The Morgan fingerprint density at radius 2 is 1.38 bits per heavy atom. The van der Waals surface area contributed by atoms with E-state index in [0.717, 1.165) is 18.8 Å². The molecule has 21 heavy (non-hydrogen) atoms. The standard InChI is InChI=1S/C19H18N2/c1-2-6-17(7-3-1)18-11-9-16(10-12-18)14-20-15-19-8-4-5-13-21-19/h1-13,20H,14-15H2/p+1. The van der Waals surface area contributed by atoms with Gasteiger partial charge in [0.2, 0.25) is 0 Å². The van der Waals surface area contributed by atoms with Gasteiger partial charge >= 0.3 is 0 Å². The van der Waals surface area contributed by atoms with Crippen molar-refractivity contribution in [3.05, 3.63) is 90.3 Å². The number of nitrogens with two attached hydrogens (primary N) is 1. The van der Waals surface area contributed by atoms with E-state index in [2.05, 4.69) is 64.9 Å². The van der Waals surface area contributed by atoms with Crippen molar-refractivity contribution in [1.29, 1.82) is 0 Å². The molecule has 0 aliphatic heterocycles. The number of hydrogen-bond donors (Lipinski definition) is 1. The van der Waals surface area contributed by atoms with Gasteiger partial charge in [0.05, 0.1) is 5.69 Å². The van der Waals surface area contributed by atoms with Crippen LogP contribution in [0.1, 0.15) is 11.3 Å². The molecule has 3 rings (SSSR count). The summed E-state index contributed by atoms with van der Waals surface area (Å²) in [6.45, 7) is 1.90. The molecule has 2 N–H and O–H groups in total. The van der Waals surface area contributed by atoms with Gasteiger partial charge < -0.3 is 5.32 Å². The maximum atomic E-state index is 4.33. The minimum Gasteiger partial charge on any atom is -0.337 e. The summed E-state index contributed by atoms with van der Waals surface area (Å²) in [5.41, 5.74) is 5.00. The van der Waals surface area contributed by atoms with Gasteiger partial charge in [0.25, 0.3) is 0 Å². The van der Waals surface area contributed by atoms with E-state index in [1.807, 2.05) is 24.4 Å². The first-order chi connectivity index (χ1) is 10.4. The minimum atomic E-state index is 0.918. The highest BCUT2D eigenvalue weighted by Crippen LogP contribution is 2.18. The third-order valence-corrected chi connectivity index (χ3v) is 3.52. The summed E-state index contributed by atoms with van der Waals surface area (Å²) >= 11 is 0. The lowest BCUT2D eigenvalue weighted by molar-refractivity contribution is -0.686. The molecule has 1 heterocycles.